The average molecular weight is 450 g/mol. The normalized spacial score (nSPS) is 17.1. The van der Waals surface area contributed by atoms with Crippen molar-refractivity contribution in [2.24, 2.45) is 0 Å². The number of ketones is 1. The number of hydrogen-bond acceptors (Lipinski definition) is 4. The van der Waals surface area contributed by atoms with E-state index in [4.69, 9.17) is 0 Å². The highest BCUT2D eigenvalue weighted by molar-refractivity contribution is 6.14. The molecule has 0 spiro atoms. The van der Waals surface area contributed by atoms with Crippen LogP contribution in [0.4, 0.5) is 0 Å². The molecule has 1 saturated heterocycles. The summed E-state index contributed by atoms with van der Waals surface area (Å²) in [6.07, 6.45) is 7.93. The Balaban J connectivity index is 1.46. The molecule has 5 rings (SSSR count). The number of nitrogens with zero attached hydrogens (tertiary/aromatic N) is 5. The third-order valence-corrected chi connectivity index (χ3v) is 6.04. The smallest absolute Gasteiger partial charge is 0.187 e. The summed E-state index contributed by atoms with van der Waals surface area (Å²) in [6.45, 7) is 5.16. The van der Waals surface area contributed by atoms with Crippen LogP contribution in [0.2, 0.25) is 0 Å². The first-order valence-corrected chi connectivity index (χ1v) is 11.4. The van der Waals surface area contributed by atoms with Crippen LogP contribution in [0.5, 0.6) is 0 Å². The maximum absolute atomic E-state index is 13.4. The van der Waals surface area contributed by atoms with Crippen LogP contribution < -0.4 is 0 Å². The Morgan fingerprint density at radius 1 is 0.706 bits per heavy atom. The van der Waals surface area contributed by atoms with Gasteiger partial charge in [0.05, 0.1) is 22.8 Å². The minimum absolute atomic E-state index is 0.0804. The number of aryl methyl sites for hydroxylation is 2. The van der Waals surface area contributed by atoms with Gasteiger partial charge in [-0.3, -0.25) is 9.69 Å². The van der Waals surface area contributed by atoms with Crippen LogP contribution in [-0.2, 0) is 4.79 Å². The third kappa shape index (κ3) is 4.40. The molecule has 34 heavy (non-hydrogen) atoms. The van der Waals surface area contributed by atoms with Gasteiger partial charge < -0.3 is 0 Å². The number of rotatable bonds is 4. The molecule has 6 nitrogen and oxygen atoms in total. The number of benzene rings is 2. The lowest BCUT2D eigenvalue weighted by Gasteiger charge is -2.26. The van der Waals surface area contributed by atoms with Crippen molar-refractivity contribution in [2.45, 2.75) is 13.8 Å². The van der Waals surface area contributed by atoms with Gasteiger partial charge in [0.15, 0.2) is 5.78 Å². The summed E-state index contributed by atoms with van der Waals surface area (Å²) < 4.78 is 3.72. The monoisotopic (exact) mass is 449 g/mol. The summed E-state index contributed by atoms with van der Waals surface area (Å²) in [5, 5.41) is 9.28. The summed E-state index contributed by atoms with van der Waals surface area (Å²) >= 11 is 0. The molecule has 2 aromatic carbocycles. The topological polar surface area (TPSA) is 56.0 Å². The molecule has 0 radical (unpaired) electrons. The van der Waals surface area contributed by atoms with Crippen LogP contribution in [0, 0.1) is 13.8 Å². The van der Waals surface area contributed by atoms with Crippen LogP contribution in [0.25, 0.3) is 23.5 Å². The van der Waals surface area contributed by atoms with Crippen molar-refractivity contribution < 1.29 is 4.79 Å². The number of likely N-dealkylation sites (N-methyl/N-ethyl adjacent to an activating group) is 1. The van der Waals surface area contributed by atoms with E-state index < -0.39 is 0 Å². The molecule has 0 saturated carbocycles. The van der Waals surface area contributed by atoms with E-state index >= 15 is 0 Å². The first-order chi connectivity index (χ1) is 16.5. The van der Waals surface area contributed by atoms with Gasteiger partial charge in [-0.05, 0) is 57.3 Å². The van der Waals surface area contributed by atoms with Crippen LogP contribution >= 0.6 is 0 Å². The van der Waals surface area contributed by atoms with Crippen LogP contribution in [0.1, 0.15) is 22.5 Å². The van der Waals surface area contributed by atoms with Crippen molar-refractivity contribution in [3.63, 3.8) is 0 Å². The average Bonchev–Trinajstić information content (AvgIpc) is 3.40. The van der Waals surface area contributed by atoms with E-state index in [0.29, 0.717) is 13.1 Å². The fourth-order valence-corrected chi connectivity index (χ4v) is 4.24. The number of aromatic nitrogens is 4. The summed E-state index contributed by atoms with van der Waals surface area (Å²) in [5.74, 6) is 0.0804. The summed E-state index contributed by atoms with van der Waals surface area (Å²) in [4.78, 5) is 15.6. The number of carbonyl (C=O) groups is 1. The van der Waals surface area contributed by atoms with Crippen LogP contribution in [-0.4, -0.2) is 50.4 Å². The Bertz CT molecular complexity index is 1290. The highest BCUT2D eigenvalue weighted by Gasteiger charge is 2.25. The van der Waals surface area contributed by atoms with E-state index in [-0.39, 0.29) is 5.78 Å². The van der Waals surface area contributed by atoms with Gasteiger partial charge in [-0.2, -0.15) is 10.2 Å². The minimum atomic E-state index is 0.0804. The van der Waals surface area contributed by atoms with Gasteiger partial charge in [0.2, 0.25) is 0 Å². The molecule has 1 fully saturated rings. The Hall–Kier alpha value is -4.03. The third-order valence-electron chi connectivity index (χ3n) is 6.04. The first-order valence-electron chi connectivity index (χ1n) is 11.4. The molecule has 4 aromatic rings. The standard InChI is InChI=1S/C28H27N5O/c1-20-22(18-32(29-20)26-10-6-4-7-11-26)14-24-16-31(3)17-25(28(24)34)15-23-19-33(30-21(23)2)27-12-8-5-9-13-27/h4-15,18-19H,16-17H2,1-3H3. The molecule has 6 heteroatoms. The lowest BCUT2D eigenvalue weighted by molar-refractivity contribution is -0.113. The molecule has 2 aromatic heterocycles. The molecule has 0 bridgehead atoms. The van der Waals surface area contributed by atoms with Crippen LogP contribution in [0.15, 0.2) is 84.2 Å². The molecule has 0 unspecified atom stereocenters. The number of Topliss-reactive ketones (excluding diaryl/α,β-unsaturated/α-hetero) is 1. The summed E-state index contributed by atoms with van der Waals surface area (Å²) in [5.41, 5.74) is 7.21. The second-order valence-corrected chi connectivity index (χ2v) is 8.74. The van der Waals surface area contributed by atoms with E-state index in [2.05, 4.69) is 15.1 Å². The molecule has 3 heterocycles. The van der Waals surface area contributed by atoms with Crippen molar-refractivity contribution in [3.05, 3.63) is 107 Å². The maximum atomic E-state index is 13.4. The number of likely N-dealkylation sites (tertiary alicyclic amines) is 1. The SMILES string of the molecule is Cc1nn(-c2ccccc2)cc1C=C1CN(C)CC(=Cc2cn(-c3ccccc3)nc2C)C1=O. The largest absolute Gasteiger partial charge is 0.298 e. The quantitative estimate of drug-likeness (QED) is 0.426. The van der Waals surface area contributed by atoms with Crippen molar-refractivity contribution in [1.82, 2.24) is 24.5 Å². The number of hydrogen-bond donors (Lipinski definition) is 0. The molecule has 0 aliphatic carbocycles. The molecule has 1 aliphatic rings. The fourth-order valence-electron chi connectivity index (χ4n) is 4.24. The van der Waals surface area contributed by atoms with Crippen molar-refractivity contribution in [1.29, 1.82) is 0 Å². The number of piperidine rings is 1. The van der Waals surface area contributed by atoms with Gasteiger partial charge >= 0.3 is 0 Å². The zero-order chi connectivity index (χ0) is 23.7. The van der Waals surface area contributed by atoms with E-state index in [0.717, 1.165) is 45.0 Å². The van der Waals surface area contributed by atoms with Gasteiger partial charge in [-0.1, -0.05) is 36.4 Å². The highest BCUT2D eigenvalue weighted by atomic mass is 16.1. The lowest BCUT2D eigenvalue weighted by atomic mass is 9.95. The lowest BCUT2D eigenvalue weighted by Crippen LogP contribution is -2.34. The maximum Gasteiger partial charge on any atom is 0.187 e. The Morgan fingerprint density at radius 3 is 1.53 bits per heavy atom. The summed E-state index contributed by atoms with van der Waals surface area (Å²) in [6, 6.07) is 20.0. The van der Waals surface area contributed by atoms with Gasteiger partial charge in [-0.25, -0.2) is 9.36 Å². The Kier molecular flexibility index (Phi) is 5.82. The van der Waals surface area contributed by atoms with Gasteiger partial charge in [0, 0.05) is 47.8 Å². The first kappa shape index (κ1) is 21.8. The zero-order valence-electron chi connectivity index (χ0n) is 19.6. The predicted molar refractivity (Wildman–Crippen MR) is 135 cm³/mol. The number of carbonyl (C=O) groups excluding carboxylic acids is 1. The fraction of sp³-hybridized carbons (Fsp3) is 0.179. The predicted octanol–water partition coefficient (Wildman–Crippen LogP) is 4.66. The Morgan fingerprint density at radius 2 is 1.12 bits per heavy atom. The van der Waals surface area contributed by atoms with E-state index in [1.54, 1.807) is 0 Å². The molecule has 170 valence electrons. The number of para-hydroxylation sites is 2. The molecule has 1 aliphatic heterocycles. The molecular formula is C28H27N5O. The van der Waals surface area contributed by atoms with E-state index in [1.165, 1.54) is 0 Å². The van der Waals surface area contributed by atoms with Gasteiger partial charge in [0.25, 0.3) is 0 Å². The van der Waals surface area contributed by atoms with E-state index in [1.807, 2.05) is 115 Å². The van der Waals surface area contributed by atoms with Crippen molar-refractivity contribution in [3.8, 4) is 11.4 Å². The van der Waals surface area contributed by atoms with Gasteiger partial charge in [-0.15, -0.1) is 0 Å². The summed E-state index contributed by atoms with van der Waals surface area (Å²) in [7, 11) is 2.04. The van der Waals surface area contributed by atoms with Gasteiger partial charge in [0.1, 0.15) is 0 Å². The second-order valence-electron chi connectivity index (χ2n) is 8.74. The Labute approximate surface area is 199 Å². The molecular weight excluding hydrogens is 422 g/mol. The molecule has 0 N–H and O–H groups in total. The molecule has 0 amide bonds. The highest BCUT2D eigenvalue weighted by Crippen LogP contribution is 2.24. The zero-order valence-corrected chi connectivity index (χ0v) is 19.6. The van der Waals surface area contributed by atoms with Crippen LogP contribution in [0.3, 0.4) is 0 Å². The minimum Gasteiger partial charge on any atom is -0.298 e. The molecule has 0 atom stereocenters. The van der Waals surface area contributed by atoms with Crippen molar-refractivity contribution >= 4 is 17.9 Å². The second kappa shape index (κ2) is 9.08. The van der Waals surface area contributed by atoms with Crippen molar-refractivity contribution in [2.75, 3.05) is 20.1 Å². The van der Waals surface area contributed by atoms with E-state index in [9.17, 15) is 4.79 Å².